The summed E-state index contributed by atoms with van der Waals surface area (Å²) in [6.07, 6.45) is 1.69. The van der Waals surface area contributed by atoms with Crippen molar-refractivity contribution in [3.05, 3.63) is 18.1 Å². The smallest absolute Gasteiger partial charge is 0.661 e. The molecule has 3 heteroatoms. The van der Waals surface area contributed by atoms with Crippen molar-refractivity contribution >= 4 is 0 Å². The minimum Gasteiger partial charge on any atom is -0.661 e. The fraction of sp³-hybridized carbons (Fsp3) is 0.667. The van der Waals surface area contributed by atoms with Gasteiger partial charge in [0.05, 0.1) is 0 Å². The second-order valence-electron chi connectivity index (χ2n) is 1.42. The minimum absolute atomic E-state index is 0. The number of nitrogens with one attached hydrogen (secondary N) is 1. The van der Waals surface area contributed by atoms with Crippen LogP contribution in [-0.2, 0) is 0 Å². The summed E-state index contributed by atoms with van der Waals surface area (Å²) in [7, 11) is 0. The van der Waals surface area contributed by atoms with Crippen LogP contribution in [-0.4, -0.2) is 19.6 Å². The summed E-state index contributed by atoms with van der Waals surface area (Å²) < 4.78 is 0. The predicted octanol–water partition coefficient (Wildman–Crippen LogP) is -1.88. The molecule has 1 N–H and O–H groups in total. The number of hydrogen-bond acceptors (Lipinski definition) is 1. The third-order valence-corrected chi connectivity index (χ3v) is 0.782. The average Bonchev–Trinajstić information content (AvgIpc) is 1.81. The summed E-state index contributed by atoms with van der Waals surface area (Å²) in [6, 6.07) is 0. The van der Waals surface area contributed by atoms with Crippen LogP contribution < -0.4 is 56.7 Å². The molecule has 48 valence electrons. The Labute approximate surface area is 99.9 Å². The van der Waals surface area contributed by atoms with E-state index in [4.69, 9.17) is 0 Å². The normalized spacial score (nSPS) is 7.67. The summed E-state index contributed by atoms with van der Waals surface area (Å²) in [5, 5.41) is 7.05. The Kier molecular flexibility index (Phi) is 16.9. The Balaban J connectivity index is 0. The van der Waals surface area contributed by atoms with Crippen LogP contribution in [0, 0.1) is 0 Å². The molecule has 0 heterocycles. The van der Waals surface area contributed by atoms with Gasteiger partial charge < -0.3 is 10.6 Å². The van der Waals surface area contributed by atoms with Crippen molar-refractivity contribution in [1.29, 1.82) is 0 Å². The Bertz CT molecular complexity index is 57.0. The van der Waals surface area contributed by atoms with Crippen LogP contribution in [0.25, 0.3) is 5.32 Å². The molecule has 0 aromatic carbocycles. The Morgan fingerprint density at radius 2 is 2.33 bits per heavy atom. The summed E-state index contributed by atoms with van der Waals surface area (Å²) >= 11 is 0. The van der Waals surface area contributed by atoms with Gasteiger partial charge in [0.1, 0.15) is 0 Å². The second kappa shape index (κ2) is 11.9. The zero-order valence-electron chi connectivity index (χ0n) is 6.35. The molecule has 0 atom stereocenters. The molecular formula is C6H13KN2. The van der Waals surface area contributed by atoms with Crippen LogP contribution in [0.15, 0.2) is 12.8 Å². The van der Waals surface area contributed by atoms with Gasteiger partial charge in [0.2, 0.25) is 0 Å². The maximum absolute atomic E-state index is 4.10. The predicted molar refractivity (Wildman–Crippen MR) is 37.0 cm³/mol. The van der Waals surface area contributed by atoms with E-state index in [0.29, 0.717) is 0 Å². The number of nitrogens with zero attached hydrogens (tertiary/aromatic N) is 1. The van der Waals surface area contributed by atoms with Gasteiger partial charge >= 0.3 is 51.4 Å². The zero-order valence-corrected chi connectivity index (χ0v) is 9.48. The van der Waals surface area contributed by atoms with E-state index in [9.17, 15) is 0 Å². The first-order valence-corrected chi connectivity index (χ1v) is 2.89. The Morgan fingerprint density at radius 1 is 1.67 bits per heavy atom. The molecule has 0 aliphatic heterocycles. The molecule has 0 unspecified atom stereocenters. The molecule has 0 aliphatic rings. The van der Waals surface area contributed by atoms with Gasteiger partial charge in [-0.25, -0.2) is 0 Å². The van der Waals surface area contributed by atoms with Crippen molar-refractivity contribution in [3.8, 4) is 0 Å². The molecule has 0 bridgehead atoms. The van der Waals surface area contributed by atoms with Gasteiger partial charge in [0, 0.05) is 0 Å². The van der Waals surface area contributed by atoms with Crippen LogP contribution in [0.3, 0.4) is 0 Å². The summed E-state index contributed by atoms with van der Waals surface area (Å²) in [6.45, 7) is 8.26. The number of likely N-dealkylation sites (N-methyl/N-ethyl adjacent to an activating group) is 1. The van der Waals surface area contributed by atoms with Crippen LogP contribution in [0.1, 0.15) is 6.92 Å². The van der Waals surface area contributed by atoms with Gasteiger partial charge in [-0.1, -0.05) is 13.5 Å². The van der Waals surface area contributed by atoms with Gasteiger partial charge in [-0.3, -0.25) is 0 Å². The monoisotopic (exact) mass is 152 g/mol. The molecular weight excluding hydrogens is 139 g/mol. The molecule has 0 saturated carbocycles. The molecule has 0 spiro atoms. The van der Waals surface area contributed by atoms with E-state index >= 15 is 0 Å². The van der Waals surface area contributed by atoms with Crippen molar-refractivity contribution in [2.24, 2.45) is 0 Å². The minimum atomic E-state index is 0. The molecule has 0 fully saturated rings. The number of hydrogen-bond donors (Lipinski definition) is 1. The SMILES string of the molecule is C=CNCC[N-]CC.[K+]. The van der Waals surface area contributed by atoms with Crippen molar-refractivity contribution in [2.75, 3.05) is 19.6 Å². The fourth-order valence-corrected chi connectivity index (χ4v) is 0.404. The maximum atomic E-state index is 4.10. The first-order chi connectivity index (χ1) is 3.91. The quantitative estimate of drug-likeness (QED) is 0.362. The fourth-order valence-electron chi connectivity index (χ4n) is 0.404. The van der Waals surface area contributed by atoms with Gasteiger partial charge in [-0.05, 0) is 12.7 Å². The molecule has 9 heavy (non-hydrogen) atoms. The summed E-state index contributed by atoms with van der Waals surface area (Å²) in [5.41, 5.74) is 0. The van der Waals surface area contributed by atoms with E-state index in [-0.39, 0.29) is 51.4 Å². The molecule has 0 aromatic rings. The van der Waals surface area contributed by atoms with Crippen LogP contribution in [0.4, 0.5) is 0 Å². The second-order valence-corrected chi connectivity index (χ2v) is 1.42. The van der Waals surface area contributed by atoms with Crippen LogP contribution in [0.2, 0.25) is 0 Å². The van der Waals surface area contributed by atoms with Crippen molar-refractivity contribution in [2.45, 2.75) is 6.92 Å². The van der Waals surface area contributed by atoms with E-state index in [0.717, 1.165) is 19.6 Å². The van der Waals surface area contributed by atoms with Crippen LogP contribution >= 0.6 is 0 Å². The summed E-state index contributed by atoms with van der Waals surface area (Å²) in [4.78, 5) is 0. The van der Waals surface area contributed by atoms with Gasteiger partial charge in [0.15, 0.2) is 0 Å². The van der Waals surface area contributed by atoms with Crippen molar-refractivity contribution < 1.29 is 51.4 Å². The molecule has 0 aliphatic carbocycles. The third-order valence-electron chi connectivity index (χ3n) is 0.782. The molecule has 2 nitrogen and oxygen atoms in total. The first-order valence-electron chi connectivity index (χ1n) is 2.89. The molecule has 0 saturated heterocycles. The summed E-state index contributed by atoms with van der Waals surface area (Å²) in [5.74, 6) is 0. The van der Waals surface area contributed by atoms with E-state index < -0.39 is 0 Å². The first kappa shape index (κ1) is 12.8. The maximum Gasteiger partial charge on any atom is 1.00 e. The topological polar surface area (TPSA) is 26.1 Å². The average molecular weight is 152 g/mol. The van der Waals surface area contributed by atoms with E-state index in [1.807, 2.05) is 6.92 Å². The van der Waals surface area contributed by atoms with Gasteiger partial charge in [-0.2, -0.15) is 6.54 Å². The standard InChI is InChI=1S/C6H13N2.K/c1-3-7-5-6-8-4-2;/h3,7H,1,4-6H2,2H3;/q-1;+1. The van der Waals surface area contributed by atoms with Crippen molar-refractivity contribution in [3.63, 3.8) is 0 Å². The molecule has 0 radical (unpaired) electrons. The van der Waals surface area contributed by atoms with Crippen LogP contribution in [0.5, 0.6) is 0 Å². The van der Waals surface area contributed by atoms with E-state index in [1.54, 1.807) is 6.20 Å². The van der Waals surface area contributed by atoms with Gasteiger partial charge in [-0.15, -0.1) is 6.54 Å². The molecule has 0 rings (SSSR count). The Morgan fingerprint density at radius 3 is 2.78 bits per heavy atom. The molecule has 0 amide bonds. The largest absolute Gasteiger partial charge is 1.00 e. The molecule has 0 aromatic heterocycles. The Hall–Kier alpha value is 1.14. The van der Waals surface area contributed by atoms with Gasteiger partial charge in [0.25, 0.3) is 0 Å². The van der Waals surface area contributed by atoms with Crippen molar-refractivity contribution in [1.82, 2.24) is 5.32 Å². The zero-order chi connectivity index (χ0) is 6.24. The van der Waals surface area contributed by atoms with E-state index in [2.05, 4.69) is 17.2 Å². The number of rotatable bonds is 5. The van der Waals surface area contributed by atoms with E-state index in [1.165, 1.54) is 0 Å². The third kappa shape index (κ3) is 12.4.